The van der Waals surface area contributed by atoms with Gasteiger partial charge in [0.1, 0.15) is 5.75 Å². The molecule has 0 saturated heterocycles. The van der Waals surface area contributed by atoms with Crippen LogP contribution in [0, 0.1) is 0 Å². The summed E-state index contributed by atoms with van der Waals surface area (Å²) < 4.78 is 8.73. The molecule has 22 heavy (non-hydrogen) atoms. The molecule has 5 rings (SSSR count). The van der Waals surface area contributed by atoms with Crippen molar-refractivity contribution in [3.05, 3.63) is 59.3 Å². The van der Waals surface area contributed by atoms with Gasteiger partial charge in [0.15, 0.2) is 5.75 Å². The molecule has 110 valence electrons. The first kappa shape index (κ1) is 12.3. The third-order valence-corrected chi connectivity index (χ3v) is 4.95. The van der Waals surface area contributed by atoms with Gasteiger partial charge in [0.05, 0.1) is 12.1 Å². The SMILES string of the molecule is CN1CCc2c(c3cccc4c3n2Cc2ccccc2O4)C1. The number of nitrogens with zero attached hydrogens (tertiary/aromatic N) is 2. The Morgan fingerprint density at radius 3 is 2.77 bits per heavy atom. The fraction of sp³-hybridized carbons (Fsp3) is 0.263. The molecule has 0 fully saturated rings. The second-order valence-electron chi connectivity index (χ2n) is 6.36. The van der Waals surface area contributed by atoms with Crippen molar-refractivity contribution in [3.8, 4) is 11.5 Å². The van der Waals surface area contributed by atoms with E-state index >= 15 is 0 Å². The molecule has 3 heteroatoms. The number of hydrogen-bond donors (Lipinski definition) is 0. The molecule has 0 radical (unpaired) electrons. The predicted molar refractivity (Wildman–Crippen MR) is 87.6 cm³/mol. The monoisotopic (exact) mass is 290 g/mol. The van der Waals surface area contributed by atoms with E-state index in [2.05, 4.69) is 52.9 Å². The van der Waals surface area contributed by atoms with E-state index in [0.29, 0.717) is 0 Å². The van der Waals surface area contributed by atoms with Crippen LogP contribution in [0.4, 0.5) is 0 Å². The highest BCUT2D eigenvalue weighted by molar-refractivity contribution is 5.91. The van der Waals surface area contributed by atoms with E-state index in [1.165, 1.54) is 27.7 Å². The molecule has 2 aliphatic heterocycles. The van der Waals surface area contributed by atoms with Crippen molar-refractivity contribution in [2.75, 3.05) is 13.6 Å². The summed E-state index contributed by atoms with van der Waals surface area (Å²) in [5.41, 5.74) is 5.49. The Kier molecular flexibility index (Phi) is 2.44. The van der Waals surface area contributed by atoms with Crippen LogP contribution in [0.2, 0.25) is 0 Å². The van der Waals surface area contributed by atoms with Crippen molar-refractivity contribution in [1.29, 1.82) is 0 Å². The summed E-state index contributed by atoms with van der Waals surface area (Å²) in [5.74, 6) is 1.97. The van der Waals surface area contributed by atoms with Gasteiger partial charge in [-0.3, -0.25) is 0 Å². The van der Waals surface area contributed by atoms with E-state index < -0.39 is 0 Å². The number of fused-ring (bicyclic) bond motifs is 4. The highest BCUT2D eigenvalue weighted by Crippen LogP contribution is 2.41. The van der Waals surface area contributed by atoms with Gasteiger partial charge < -0.3 is 14.2 Å². The summed E-state index contributed by atoms with van der Waals surface area (Å²) in [6.45, 7) is 3.06. The molecule has 2 aliphatic rings. The smallest absolute Gasteiger partial charge is 0.151 e. The third-order valence-electron chi connectivity index (χ3n) is 4.95. The van der Waals surface area contributed by atoms with Gasteiger partial charge in [-0.2, -0.15) is 0 Å². The fourth-order valence-electron chi connectivity index (χ4n) is 3.89. The van der Waals surface area contributed by atoms with Crippen LogP contribution in [0.25, 0.3) is 10.9 Å². The van der Waals surface area contributed by atoms with Gasteiger partial charge in [-0.05, 0) is 24.7 Å². The second kappa shape index (κ2) is 4.37. The Morgan fingerprint density at radius 1 is 0.955 bits per heavy atom. The number of rotatable bonds is 0. The Labute approximate surface area is 129 Å². The number of para-hydroxylation sites is 2. The second-order valence-corrected chi connectivity index (χ2v) is 6.36. The number of benzene rings is 2. The van der Waals surface area contributed by atoms with Crippen molar-refractivity contribution in [3.63, 3.8) is 0 Å². The van der Waals surface area contributed by atoms with Gasteiger partial charge in [0.2, 0.25) is 0 Å². The molecular formula is C19H18N2O. The van der Waals surface area contributed by atoms with Crippen LogP contribution in [0.15, 0.2) is 42.5 Å². The van der Waals surface area contributed by atoms with Crippen LogP contribution >= 0.6 is 0 Å². The highest BCUT2D eigenvalue weighted by Gasteiger charge is 2.26. The molecule has 0 saturated carbocycles. The zero-order valence-electron chi connectivity index (χ0n) is 12.7. The largest absolute Gasteiger partial charge is 0.455 e. The highest BCUT2D eigenvalue weighted by atomic mass is 16.5. The molecule has 0 bridgehead atoms. The maximum atomic E-state index is 6.24. The van der Waals surface area contributed by atoms with Crippen molar-refractivity contribution in [2.45, 2.75) is 19.5 Å². The zero-order valence-corrected chi connectivity index (χ0v) is 12.7. The average Bonchev–Trinajstić information content (AvgIpc) is 2.73. The number of likely N-dealkylation sites (N-methyl/N-ethyl adjacent to an activating group) is 1. The Hall–Kier alpha value is -2.26. The van der Waals surface area contributed by atoms with Crippen LogP contribution in [-0.4, -0.2) is 23.1 Å². The third kappa shape index (κ3) is 1.60. The minimum Gasteiger partial charge on any atom is -0.455 e. The van der Waals surface area contributed by atoms with E-state index in [1.807, 2.05) is 6.07 Å². The lowest BCUT2D eigenvalue weighted by Gasteiger charge is -2.24. The Bertz CT molecular complexity index is 894. The summed E-state index contributed by atoms with van der Waals surface area (Å²) in [6, 6.07) is 14.8. The van der Waals surface area contributed by atoms with Gasteiger partial charge in [-0.1, -0.05) is 30.3 Å². The molecular weight excluding hydrogens is 272 g/mol. The minimum atomic E-state index is 0.905. The summed E-state index contributed by atoms with van der Waals surface area (Å²) in [6.07, 6.45) is 1.11. The van der Waals surface area contributed by atoms with Crippen LogP contribution in [0.3, 0.4) is 0 Å². The van der Waals surface area contributed by atoms with E-state index in [9.17, 15) is 0 Å². The van der Waals surface area contributed by atoms with E-state index in [-0.39, 0.29) is 0 Å². The molecule has 0 atom stereocenters. The van der Waals surface area contributed by atoms with Crippen molar-refractivity contribution in [1.82, 2.24) is 9.47 Å². The first-order valence-corrected chi connectivity index (χ1v) is 7.88. The first-order chi connectivity index (χ1) is 10.8. The maximum Gasteiger partial charge on any atom is 0.151 e. The Balaban J connectivity index is 1.84. The van der Waals surface area contributed by atoms with Gasteiger partial charge in [0, 0.05) is 36.2 Å². The lowest BCUT2D eigenvalue weighted by molar-refractivity contribution is 0.310. The van der Waals surface area contributed by atoms with Crippen molar-refractivity contribution in [2.24, 2.45) is 0 Å². The van der Waals surface area contributed by atoms with Crippen LogP contribution in [-0.2, 0) is 19.5 Å². The average molecular weight is 290 g/mol. The molecule has 2 aromatic carbocycles. The van der Waals surface area contributed by atoms with E-state index in [1.54, 1.807) is 0 Å². The summed E-state index contributed by atoms with van der Waals surface area (Å²) in [7, 11) is 2.20. The van der Waals surface area contributed by atoms with Crippen LogP contribution in [0.5, 0.6) is 11.5 Å². The zero-order chi connectivity index (χ0) is 14.7. The molecule has 0 spiro atoms. The molecule has 3 heterocycles. The van der Waals surface area contributed by atoms with Gasteiger partial charge in [-0.15, -0.1) is 0 Å². The molecule has 0 unspecified atom stereocenters. The summed E-state index contributed by atoms with van der Waals surface area (Å²) >= 11 is 0. The van der Waals surface area contributed by atoms with E-state index in [4.69, 9.17) is 4.74 Å². The topological polar surface area (TPSA) is 17.4 Å². The molecule has 1 aromatic heterocycles. The van der Waals surface area contributed by atoms with Gasteiger partial charge >= 0.3 is 0 Å². The number of aromatic nitrogens is 1. The van der Waals surface area contributed by atoms with Crippen molar-refractivity contribution < 1.29 is 4.74 Å². The minimum absolute atomic E-state index is 0.905. The normalized spacial score (nSPS) is 16.8. The quantitative estimate of drug-likeness (QED) is 0.490. The van der Waals surface area contributed by atoms with Crippen LogP contribution in [0.1, 0.15) is 16.8 Å². The van der Waals surface area contributed by atoms with Crippen LogP contribution < -0.4 is 4.74 Å². The summed E-state index contributed by atoms with van der Waals surface area (Å²) in [4.78, 5) is 2.40. The molecule has 0 N–H and O–H groups in total. The van der Waals surface area contributed by atoms with E-state index in [0.717, 1.165) is 37.6 Å². The van der Waals surface area contributed by atoms with Gasteiger partial charge in [-0.25, -0.2) is 0 Å². The first-order valence-electron chi connectivity index (χ1n) is 7.88. The number of hydrogen-bond acceptors (Lipinski definition) is 2. The maximum absolute atomic E-state index is 6.24. The lowest BCUT2D eigenvalue weighted by Crippen LogP contribution is -2.27. The lowest BCUT2D eigenvalue weighted by atomic mass is 10.0. The predicted octanol–water partition coefficient (Wildman–Crippen LogP) is 3.78. The number of ether oxygens (including phenoxy) is 1. The fourth-order valence-corrected chi connectivity index (χ4v) is 3.89. The summed E-state index contributed by atoms with van der Waals surface area (Å²) in [5, 5.41) is 1.35. The van der Waals surface area contributed by atoms with Crippen molar-refractivity contribution >= 4 is 10.9 Å². The standard InChI is InChI=1S/C19H18N2O/c1-20-10-9-16-15(12-20)14-6-4-8-18-19(14)21(16)11-13-5-2-3-7-17(13)22-18/h2-8H,9-12H2,1H3. The molecule has 0 amide bonds. The van der Waals surface area contributed by atoms with Gasteiger partial charge in [0.25, 0.3) is 0 Å². The molecule has 0 aliphatic carbocycles. The molecule has 3 nitrogen and oxygen atoms in total. The Morgan fingerprint density at radius 2 is 1.82 bits per heavy atom. The molecule has 3 aromatic rings.